The van der Waals surface area contributed by atoms with Crippen molar-refractivity contribution >= 4 is 11.9 Å². The van der Waals surface area contributed by atoms with Gasteiger partial charge in [0, 0.05) is 19.5 Å². The fourth-order valence-corrected chi connectivity index (χ4v) is 2.94. The van der Waals surface area contributed by atoms with Crippen molar-refractivity contribution in [1.82, 2.24) is 4.90 Å². The van der Waals surface area contributed by atoms with Gasteiger partial charge in [0.15, 0.2) is 0 Å². The number of esters is 1. The first kappa shape index (κ1) is 17.4. The number of likely N-dealkylation sites (tertiary alicyclic amines) is 1. The molecule has 0 atom stereocenters. The van der Waals surface area contributed by atoms with Gasteiger partial charge >= 0.3 is 5.97 Å². The van der Waals surface area contributed by atoms with E-state index in [1.54, 1.807) is 6.92 Å². The van der Waals surface area contributed by atoms with Crippen molar-refractivity contribution < 1.29 is 18.7 Å². The summed E-state index contributed by atoms with van der Waals surface area (Å²) < 4.78 is 17.7. The van der Waals surface area contributed by atoms with Crippen LogP contribution in [0.5, 0.6) is 0 Å². The zero-order chi connectivity index (χ0) is 16.7. The Morgan fingerprint density at radius 1 is 1.17 bits per heavy atom. The summed E-state index contributed by atoms with van der Waals surface area (Å²) in [5.74, 6) is 0.0238. The highest BCUT2D eigenvalue weighted by Crippen LogP contribution is 2.22. The Balaban J connectivity index is 1.71. The van der Waals surface area contributed by atoms with Crippen LogP contribution in [0.25, 0.3) is 0 Å². The van der Waals surface area contributed by atoms with Gasteiger partial charge in [-0.3, -0.25) is 9.59 Å². The van der Waals surface area contributed by atoms with Crippen LogP contribution in [0.3, 0.4) is 0 Å². The van der Waals surface area contributed by atoms with Crippen molar-refractivity contribution in [3.8, 4) is 0 Å². The maximum atomic E-state index is 12.9. The lowest BCUT2D eigenvalue weighted by molar-refractivity contribution is -0.146. The Labute approximate surface area is 136 Å². The number of carbonyl (C=O) groups excluding carboxylic acids is 2. The van der Waals surface area contributed by atoms with Crippen LogP contribution in [-0.2, 0) is 20.7 Å². The van der Waals surface area contributed by atoms with Crippen LogP contribution >= 0.6 is 0 Å². The molecule has 1 aromatic rings. The second-order valence-electron chi connectivity index (χ2n) is 5.96. The normalized spacial score (nSPS) is 15.5. The topological polar surface area (TPSA) is 46.6 Å². The van der Waals surface area contributed by atoms with Crippen molar-refractivity contribution in [2.75, 3.05) is 19.7 Å². The number of amides is 1. The van der Waals surface area contributed by atoms with E-state index in [-0.39, 0.29) is 30.5 Å². The minimum Gasteiger partial charge on any atom is -0.466 e. The third kappa shape index (κ3) is 5.66. The van der Waals surface area contributed by atoms with Crippen molar-refractivity contribution in [3.05, 3.63) is 35.6 Å². The zero-order valence-electron chi connectivity index (χ0n) is 13.6. The highest BCUT2D eigenvalue weighted by atomic mass is 19.1. The van der Waals surface area contributed by atoms with Gasteiger partial charge in [-0.1, -0.05) is 12.1 Å². The molecule has 23 heavy (non-hydrogen) atoms. The average Bonchev–Trinajstić information content (AvgIpc) is 2.56. The molecule has 0 spiro atoms. The number of benzene rings is 1. The molecule has 1 aromatic carbocycles. The molecule has 0 bridgehead atoms. The van der Waals surface area contributed by atoms with Gasteiger partial charge in [0.25, 0.3) is 0 Å². The van der Waals surface area contributed by atoms with Crippen molar-refractivity contribution in [2.24, 2.45) is 5.92 Å². The van der Waals surface area contributed by atoms with Gasteiger partial charge in [-0.2, -0.15) is 0 Å². The SMILES string of the molecule is CCOC(=O)CCC(=O)N1CCC(Cc2ccc(F)cc2)CC1. The van der Waals surface area contributed by atoms with Gasteiger partial charge in [0.05, 0.1) is 13.0 Å². The first-order chi connectivity index (χ1) is 11.1. The summed E-state index contributed by atoms with van der Waals surface area (Å²) >= 11 is 0. The molecule has 0 aliphatic carbocycles. The highest BCUT2D eigenvalue weighted by molar-refractivity contribution is 5.81. The molecule has 5 heteroatoms. The number of hydrogen-bond acceptors (Lipinski definition) is 3. The summed E-state index contributed by atoms with van der Waals surface area (Å²) in [4.78, 5) is 25.2. The molecule has 0 aromatic heterocycles. The lowest BCUT2D eigenvalue weighted by atomic mass is 9.90. The molecule has 1 aliphatic heterocycles. The smallest absolute Gasteiger partial charge is 0.306 e. The van der Waals surface area contributed by atoms with Gasteiger partial charge in [-0.05, 0) is 49.8 Å². The number of rotatable bonds is 6. The number of ether oxygens (including phenoxy) is 1. The number of piperidine rings is 1. The molecule has 0 radical (unpaired) electrons. The Bertz CT molecular complexity index is 522. The predicted molar refractivity (Wildman–Crippen MR) is 85.3 cm³/mol. The van der Waals surface area contributed by atoms with Gasteiger partial charge < -0.3 is 9.64 Å². The van der Waals surface area contributed by atoms with E-state index in [9.17, 15) is 14.0 Å². The number of hydrogen-bond donors (Lipinski definition) is 0. The Kier molecular flexibility index (Phi) is 6.56. The molecule has 1 amide bonds. The third-order valence-corrected chi connectivity index (χ3v) is 4.25. The summed E-state index contributed by atoms with van der Waals surface area (Å²) in [6.45, 7) is 3.56. The molecule has 1 aliphatic rings. The molecular weight excluding hydrogens is 297 g/mol. The summed E-state index contributed by atoms with van der Waals surface area (Å²) in [6.07, 6.45) is 3.19. The van der Waals surface area contributed by atoms with E-state index in [4.69, 9.17) is 4.74 Å². The number of halogens is 1. The fourth-order valence-electron chi connectivity index (χ4n) is 2.94. The monoisotopic (exact) mass is 321 g/mol. The third-order valence-electron chi connectivity index (χ3n) is 4.25. The number of carbonyl (C=O) groups is 2. The first-order valence-corrected chi connectivity index (χ1v) is 8.26. The molecule has 0 unspecified atom stereocenters. The van der Waals surface area contributed by atoms with E-state index in [1.807, 2.05) is 17.0 Å². The van der Waals surface area contributed by atoms with E-state index in [2.05, 4.69) is 0 Å². The quantitative estimate of drug-likeness (QED) is 0.757. The van der Waals surface area contributed by atoms with Crippen LogP contribution < -0.4 is 0 Å². The lowest BCUT2D eigenvalue weighted by Crippen LogP contribution is -2.39. The summed E-state index contributed by atoms with van der Waals surface area (Å²) in [5, 5.41) is 0. The molecule has 1 saturated heterocycles. The minimum atomic E-state index is -0.313. The minimum absolute atomic E-state index is 0.0262. The lowest BCUT2D eigenvalue weighted by Gasteiger charge is -2.32. The predicted octanol–water partition coefficient (Wildman–Crippen LogP) is 2.95. The van der Waals surface area contributed by atoms with Gasteiger partial charge in [0.1, 0.15) is 5.82 Å². The molecule has 0 N–H and O–H groups in total. The maximum Gasteiger partial charge on any atom is 0.306 e. The van der Waals surface area contributed by atoms with Crippen LogP contribution in [0, 0.1) is 11.7 Å². The van der Waals surface area contributed by atoms with Crippen LogP contribution in [0.2, 0.25) is 0 Å². The molecular formula is C18H24FNO3. The summed E-state index contributed by atoms with van der Waals surface area (Å²) in [5.41, 5.74) is 1.14. The van der Waals surface area contributed by atoms with Gasteiger partial charge in [0.2, 0.25) is 5.91 Å². The Morgan fingerprint density at radius 2 is 1.83 bits per heavy atom. The van der Waals surface area contributed by atoms with Gasteiger partial charge in [-0.25, -0.2) is 4.39 Å². The fraction of sp³-hybridized carbons (Fsp3) is 0.556. The van der Waals surface area contributed by atoms with Crippen LogP contribution in [-0.4, -0.2) is 36.5 Å². The summed E-state index contributed by atoms with van der Waals surface area (Å²) in [6, 6.07) is 6.63. The zero-order valence-corrected chi connectivity index (χ0v) is 13.6. The Hall–Kier alpha value is -1.91. The van der Waals surface area contributed by atoms with Crippen molar-refractivity contribution in [3.63, 3.8) is 0 Å². The van der Waals surface area contributed by atoms with Crippen LogP contribution in [0.4, 0.5) is 4.39 Å². The standard InChI is InChI=1S/C18H24FNO3/c1-2-23-18(22)8-7-17(21)20-11-9-15(10-12-20)13-14-3-5-16(19)6-4-14/h3-6,15H,2,7-13H2,1H3. The van der Waals surface area contributed by atoms with E-state index in [0.717, 1.165) is 37.9 Å². The van der Waals surface area contributed by atoms with E-state index < -0.39 is 0 Å². The van der Waals surface area contributed by atoms with Crippen molar-refractivity contribution in [2.45, 2.75) is 39.0 Å². The van der Waals surface area contributed by atoms with E-state index in [1.165, 1.54) is 12.1 Å². The van der Waals surface area contributed by atoms with E-state index >= 15 is 0 Å². The van der Waals surface area contributed by atoms with Crippen LogP contribution in [0.15, 0.2) is 24.3 Å². The maximum absolute atomic E-state index is 12.9. The van der Waals surface area contributed by atoms with Crippen LogP contribution in [0.1, 0.15) is 38.2 Å². The molecule has 1 heterocycles. The Morgan fingerprint density at radius 3 is 2.43 bits per heavy atom. The number of nitrogens with zero attached hydrogens (tertiary/aromatic N) is 1. The van der Waals surface area contributed by atoms with Gasteiger partial charge in [-0.15, -0.1) is 0 Å². The second kappa shape index (κ2) is 8.65. The molecule has 1 fully saturated rings. The average molecular weight is 321 g/mol. The van der Waals surface area contributed by atoms with E-state index in [0.29, 0.717) is 12.5 Å². The largest absolute Gasteiger partial charge is 0.466 e. The second-order valence-corrected chi connectivity index (χ2v) is 5.96. The molecule has 4 nitrogen and oxygen atoms in total. The molecule has 0 saturated carbocycles. The highest BCUT2D eigenvalue weighted by Gasteiger charge is 2.23. The van der Waals surface area contributed by atoms with Crippen molar-refractivity contribution in [1.29, 1.82) is 0 Å². The first-order valence-electron chi connectivity index (χ1n) is 8.26. The summed E-state index contributed by atoms with van der Waals surface area (Å²) in [7, 11) is 0. The molecule has 2 rings (SSSR count). The molecule has 126 valence electrons.